The highest BCUT2D eigenvalue weighted by atomic mass is 14.0. The summed E-state index contributed by atoms with van der Waals surface area (Å²) < 4.78 is 0. The van der Waals surface area contributed by atoms with Crippen molar-refractivity contribution >= 4 is 46.2 Å². The van der Waals surface area contributed by atoms with Gasteiger partial charge in [0, 0.05) is 0 Å². The lowest BCUT2D eigenvalue weighted by atomic mass is 9.33. The molecule has 0 aromatic heterocycles. The summed E-state index contributed by atoms with van der Waals surface area (Å²) in [4.78, 5) is 0. The number of hydrogen-bond acceptors (Lipinski definition) is 0. The molecule has 0 atom stereocenters. The molecule has 0 unspecified atom stereocenters. The lowest BCUT2D eigenvalue weighted by Crippen LogP contribution is -2.56. The minimum atomic E-state index is 0.199. The Balaban J connectivity index is 1.65. The molecule has 5 aromatic carbocycles. The molecule has 0 spiro atoms. The molecule has 0 aliphatic rings. The van der Waals surface area contributed by atoms with Crippen LogP contribution in [0, 0.1) is 0 Å². The summed E-state index contributed by atoms with van der Waals surface area (Å²) in [7, 11) is 0. The van der Waals surface area contributed by atoms with Crippen LogP contribution in [-0.4, -0.2) is 13.4 Å². The third-order valence-corrected chi connectivity index (χ3v) is 6.11. The molecule has 0 nitrogen and oxygen atoms in total. The van der Waals surface area contributed by atoms with Gasteiger partial charge in [0.15, 0.2) is 0 Å². The molecule has 0 radical (unpaired) electrons. The Morgan fingerprint density at radius 1 is 0.250 bits per heavy atom. The van der Waals surface area contributed by atoms with E-state index in [-0.39, 0.29) is 13.4 Å². The summed E-state index contributed by atoms with van der Waals surface area (Å²) in [5.41, 5.74) is 7.88. The Morgan fingerprint density at radius 2 is 0.500 bits per heavy atom. The van der Waals surface area contributed by atoms with Gasteiger partial charge < -0.3 is 0 Å². The fourth-order valence-electron chi connectivity index (χ4n) is 4.65. The zero-order valence-electron chi connectivity index (χ0n) is 18.0. The van der Waals surface area contributed by atoms with Crippen molar-refractivity contribution < 1.29 is 0 Å². The molecule has 0 aliphatic heterocycles. The van der Waals surface area contributed by atoms with Gasteiger partial charge in [-0.1, -0.05) is 178 Å². The van der Waals surface area contributed by atoms with Gasteiger partial charge in [0.25, 0.3) is 0 Å². The van der Waals surface area contributed by atoms with Crippen molar-refractivity contribution in [2.45, 2.75) is 0 Å². The Morgan fingerprint density at radius 3 is 0.781 bits per heavy atom. The van der Waals surface area contributed by atoms with Crippen molar-refractivity contribution in [3.63, 3.8) is 0 Å². The molecule has 5 rings (SSSR count). The van der Waals surface area contributed by atoms with Crippen LogP contribution in [0.4, 0.5) is 0 Å². The second-order valence-electron chi connectivity index (χ2n) is 8.18. The maximum absolute atomic E-state index is 2.40. The monoisotopic (exact) mass is 406 g/mol. The molecule has 0 aliphatic carbocycles. The minimum absolute atomic E-state index is 0.199. The molecular weight excluding hydrogens is 382 g/mol. The van der Waals surface area contributed by atoms with Gasteiger partial charge in [-0.15, -0.1) is 0 Å². The molecule has 0 amide bonds. The molecule has 5 aromatic rings. The van der Waals surface area contributed by atoms with E-state index in [4.69, 9.17) is 0 Å². The van der Waals surface area contributed by atoms with E-state index in [9.17, 15) is 0 Å². The van der Waals surface area contributed by atoms with Crippen molar-refractivity contribution in [3.8, 4) is 0 Å². The van der Waals surface area contributed by atoms with E-state index in [1.54, 1.807) is 0 Å². The van der Waals surface area contributed by atoms with Crippen LogP contribution in [0.3, 0.4) is 0 Å². The standard InChI is InChI=1S/C30H24B2/c1-5-14-25(15-6-1)31(26-16-7-2-8-17-26)29-22-13-23-30(24-29)32(27-18-9-3-10-19-27)28-20-11-4-12-21-28/h1-24H. The molecule has 32 heavy (non-hydrogen) atoms. The van der Waals surface area contributed by atoms with E-state index in [0.717, 1.165) is 0 Å². The summed E-state index contributed by atoms with van der Waals surface area (Å²) in [5.74, 6) is 0. The first kappa shape index (κ1) is 20.2. The summed E-state index contributed by atoms with van der Waals surface area (Å²) >= 11 is 0. The van der Waals surface area contributed by atoms with Crippen molar-refractivity contribution in [2.24, 2.45) is 0 Å². The van der Waals surface area contributed by atoms with Gasteiger partial charge in [-0.05, 0) is 0 Å². The van der Waals surface area contributed by atoms with E-state index in [1.807, 2.05) is 0 Å². The fraction of sp³-hybridized carbons (Fsp3) is 0. The molecule has 150 valence electrons. The predicted octanol–water partition coefficient (Wildman–Crippen LogP) is 2.72. The van der Waals surface area contributed by atoms with Crippen molar-refractivity contribution in [1.29, 1.82) is 0 Å². The largest absolute Gasteiger partial charge is 0.241 e. The third kappa shape index (κ3) is 4.31. The third-order valence-electron chi connectivity index (χ3n) is 6.11. The molecular formula is C30H24B2. The molecule has 0 bridgehead atoms. The van der Waals surface area contributed by atoms with Crippen LogP contribution in [0.25, 0.3) is 0 Å². The van der Waals surface area contributed by atoms with Crippen LogP contribution in [0.5, 0.6) is 0 Å². The van der Waals surface area contributed by atoms with Gasteiger partial charge in [-0.3, -0.25) is 0 Å². The van der Waals surface area contributed by atoms with E-state index in [0.29, 0.717) is 0 Å². The lowest BCUT2D eigenvalue weighted by molar-refractivity contribution is 1.71. The topological polar surface area (TPSA) is 0 Å². The van der Waals surface area contributed by atoms with Gasteiger partial charge in [-0.2, -0.15) is 0 Å². The first-order chi connectivity index (χ1) is 15.9. The fourth-order valence-corrected chi connectivity index (χ4v) is 4.65. The molecule has 2 heteroatoms. The van der Waals surface area contributed by atoms with Crippen LogP contribution >= 0.6 is 0 Å². The number of hydrogen-bond donors (Lipinski definition) is 0. The maximum atomic E-state index is 2.40. The Hall–Kier alpha value is -3.77. The predicted molar refractivity (Wildman–Crippen MR) is 142 cm³/mol. The molecule has 0 heterocycles. The van der Waals surface area contributed by atoms with Gasteiger partial charge in [-0.25, -0.2) is 0 Å². The molecule has 0 fully saturated rings. The normalized spacial score (nSPS) is 10.5. The van der Waals surface area contributed by atoms with Gasteiger partial charge >= 0.3 is 0 Å². The first-order valence-corrected chi connectivity index (χ1v) is 11.2. The van der Waals surface area contributed by atoms with Crippen LogP contribution in [0.1, 0.15) is 0 Å². The molecule has 0 saturated carbocycles. The summed E-state index contributed by atoms with van der Waals surface area (Å²) in [6.45, 7) is 0.397. The lowest BCUT2D eigenvalue weighted by Gasteiger charge is -2.20. The second kappa shape index (κ2) is 9.58. The van der Waals surface area contributed by atoms with Crippen molar-refractivity contribution in [1.82, 2.24) is 0 Å². The Bertz CT molecular complexity index is 1080. The van der Waals surface area contributed by atoms with E-state index >= 15 is 0 Å². The van der Waals surface area contributed by atoms with Crippen LogP contribution in [0.2, 0.25) is 0 Å². The Labute approximate surface area is 191 Å². The van der Waals surface area contributed by atoms with Crippen LogP contribution in [-0.2, 0) is 0 Å². The minimum Gasteiger partial charge on any atom is -0.0717 e. The zero-order chi connectivity index (χ0) is 21.6. The average molecular weight is 406 g/mol. The Kier molecular flexibility index (Phi) is 6.03. The summed E-state index contributed by atoms with van der Waals surface area (Å²) in [6, 6.07) is 52.4. The molecule has 0 N–H and O–H groups in total. The van der Waals surface area contributed by atoms with Crippen LogP contribution in [0.15, 0.2) is 146 Å². The van der Waals surface area contributed by atoms with Gasteiger partial charge in [0.1, 0.15) is 0 Å². The number of benzene rings is 5. The molecule has 0 saturated heterocycles. The second-order valence-corrected chi connectivity index (χ2v) is 8.18. The highest BCUT2D eigenvalue weighted by Crippen LogP contribution is 1.99. The summed E-state index contributed by atoms with van der Waals surface area (Å²) in [6.07, 6.45) is 0. The SMILES string of the molecule is c1ccc(B(c2ccccc2)c2cccc(B(c3ccccc3)c3ccccc3)c2)cc1. The average Bonchev–Trinajstić information content (AvgIpc) is 2.87. The maximum Gasteiger partial charge on any atom is 0.241 e. The van der Waals surface area contributed by atoms with E-state index < -0.39 is 0 Å². The first-order valence-electron chi connectivity index (χ1n) is 11.2. The van der Waals surface area contributed by atoms with Gasteiger partial charge in [0.2, 0.25) is 13.4 Å². The smallest absolute Gasteiger partial charge is 0.0717 e. The quantitative estimate of drug-likeness (QED) is 0.381. The highest BCUT2D eigenvalue weighted by Gasteiger charge is 2.25. The van der Waals surface area contributed by atoms with E-state index in [2.05, 4.69) is 146 Å². The van der Waals surface area contributed by atoms with Crippen molar-refractivity contribution in [2.75, 3.05) is 0 Å². The van der Waals surface area contributed by atoms with Crippen molar-refractivity contribution in [3.05, 3.63) is 146 Å². The van der Waals surface area contributed by atoms with Gasteiger partial charge in [0.05, 0.1) is 0 Å². The summed E-state index contributed by atoms with van der Waals surface area (Å²) in [5, 5.41) is 0. The van der Waals surface area contributed by atoms with E-state index in [1.165, 1.54) is 32.8 Å². The number of rotatable bonds is 6. The highest BCUT2D eigenvalue weighted by molar-refractivity contribution is 6.98. The van der Waals surface area contributed by atoms with Crippen LogP contribution < -0.4 is 32.8 Å². The zero-order valence-corrected chi connectivity index (χ0v) is 18.0.